The van der Waals surface area contributed by atoms with Crippen molar-refractivity contribution >= 4 is 50.7 Å². The Balaban J connectivity index is 2.05. The SMILES string of the molecule is CCNC(=O)C(C)N(Cc1ccc(OC)cc1)C(=O)CN(c1cc(Cl)cc(Cl)c1)S(=O)(=O)c1ccc(C)cc1. The molecule has 0 aromatic heterocycles. The van der Waals surface area contributed by atoms with Crippen LogP contribution in [0.2, 0.25) is 10.0 Å². The Morgan fingerprint density at radius 1 is 0.974 bits per heavy atom. The summed E-state index contributed by atoms with van der Waals surface area (Å²) in [6, 6.07) is 16.8. The number of amides is 2. The molecule has 1 atom stereocenters. The molecule has 0 radical (unpaired) electrons. The summed E-state index contributed by atoms with van der Waals surface area (Å²) < 4.78 is 33.8. The van der Waals surface area contributed by atoms with E-state index >= 15 is 0 Å². The molecule has 11 heteroatoms. The lowest BCUT2D eigenvalue weighted by atomic mass is 10.1. The average molecular weight is 593 g/mol. The Labute approximate surface area is 239 Å². The van der Waals surface area contributed by atoms with Crippen LogP contribution in [-0.4, -0.2) is 51.4 Å². The minimum atomic E-state index is -4.22. The predicted octanol–water partition coefficient (Wildman–Crippen LogP) is 5.06. The molecule has 0 aliphatic rings. The van der Waals surface area contributed by atoms with E-state index in [9.17, 15) is 18.0 Å². The van der Waals surface area contributed by atoms with Gasteiger partial charge in [0.05, 0.1) is 17.7 Å². The van der Waals surface area contributed by atoms with Crippen LogP contribution in [0.1, 0.15) is 25.0 Å². The number of carbonyl (C=O) groups excluding carboxylic acids is 2. The quantitative estimate of drug-likeness (QED) is 0.336. The van der Waals surface area contributed by atoms with Gasteiger partial charge >= 0.3 is 0 Å². The lowest BCUT2D eigenvalue weighted by molar-refractivity contribution is -0.139. The molecule has 0 heterocycles. The minimum absolute atomic E-state index is 0.00419. The van der Waals surface area contributed by atoms with Crippen molar-refractivity contribution in [1.82, 2.24) is 10.2 Å². The van der Waals surface area contributed by atoms with Gasteiger partial charge in [-0.05, 0) is 68.8 Å². The van der Waals surface area contributed by atoms with Crippen LogP contribution in [0, 0.1) is 6.92 Å². The standard InChI is InChI=1S/C28H31Cl2N3O5S/c1-5-31-28(35)20(3)32(17-21-8-10-25(38-4)11-9-21)27(34)18-33(24-15-22(29)14-23(30)16-24)39(36,37)26-12-6-19(2)7-13-26/h6-16,20H,5,17-18H2,1-4H3,(H,31,35). The van der Waals surface area contributed by atoms with Crippen LogP contribution in [-0.2, 0) is 26.2 Å². The summed E-state index contributed by atoms with van der Waals surface area (Å²) in [4.78, 5) is 28.0. The van der Waals surface area contributed by atoms with Gasteiger partial charge in [0.1, 0.15) is 18.3 Å². The molecule has 1 unspecified atom stereocenters. The van der Waals surface area contributed by atoms with E-state index in [2.05, 4.69) is 5.32 Å². The molecular weight excluding hydrogens is 561 g/mol. The number of nitrogens with one attached hydrogen (secondary N) is 1. The second kappa shape index (κ2) is 13.2. The minimum Gasteiger partial charge on any atom is -0.497 e. The van der Waals surface area contributed by atoms with E-state index in [1.165, 1.54) is 35.2 Å². The number of halogens is 2. The highest BCUT2D eigenvalue weighted by Crippen LogP contribution is 2.30. The summed E-state index contributed by atoms with van der Waals surface area (Å²) >= 11 is 12.4. The van der Waals surface area contributed by atoms with Crippen LogP contribution < -0.4 is 14.4 Å². The van der Waals surface area contributed by atoms with Crippen molar-refractivity contribution < 1.29 is 22.7 Å². The first kappa shape index (κ1) is 30.3. The Morgan fingerprint density at radius 3 is 2.10 bits per heavy atom. The van der Waals surface area contributed by atoms with E-state index < -0.39 is 28.5 Å². The molecule has 0 spiro atoms. The van der Waals surface area contributed by atoms with Gasteiger partial charge in [-0.15, -0.1) is 0 Å². The third kappa shape index (κ3) is 7.65. The van der Waals surface area contributed by atoms with Crippen LogP contribution in [0.5, 0.6) is 5.75 Å². The first-order valence-corrected chi connectivity index (χ1v) is 14.4. The highest BCUT2D eigenvalue weighted by molar-refractivity contribution is 7.92. The monoisotopic (exact) mass is 591 g/mol. The third-order valence-electron chi connectivity index (χ3n) is 6.05. The zero-order valence-electron chi connectivity index (χ0n) is 22.1. The summed E-state index contributed by atoms with van der Waals surface area (Å²) in [5.74, 6) is -0.309. The molecular formula is C28H31Cl2N3O5S. The van der Waals surface area contributed by atoms with Gasteiger partial charge in [-0.2, -0.15) is 0 Å². The topological polar surface area (TPSA) is 96.0 Å². The zero-order chi connectivity index (χ0) is 28.7. The molecule has 3 aromatic carbocycles. The Hall–Kier alpha value is -3.27. The molecule has 2 amide bonds. The molecule has 0 saturated carbocycles. The first-order chi connectivity index (χ1) is 18.5. The average Bonchev–Trinajstić information content (AvgIpc) is 2.89. The fourth-order valence-corrected chi connectivity index (χ4v) is 5.79. The molecule has 1 N–H and O–H groups in total. The maximum Gasteiger partial charge on any atom is 0.264 e. The van der Waals surface area contributed by atoms with E-state index in [4.69, 9.17) is 27.9 Å². The third-order valence-corrected chi connectivity index (χ3v) is 8.28. The Bertz CT molecular complexity index is 1390. The first-order valence-electron chi connectivity index (χ1n) is 12.2. The number of aryl methyl sites for hydroxylation is 1. The molecule has 0 fully saturated rings. The fraction of sp³-hybridized carbons (Fsp3) is 0.286. The lowest BCUT2D eigenvalue weighted by Crippen LogP contribution is -2.51. The highest BCUT2D eigenvalue weighted by Gasteiger charge is 2.32. The van der Waals surface area contributed by atoms with Crippen LogP contribution in [0.25, 0.3) is 0 Å². The van der Waals surface area contributed by atoms with Gasteiger partial charge in [0, 0.05) is 23.1 Å². The van der Waals surface area contributed by atoms with E-state index in [0.29, 0.717) is 12.3 Å². The second-order valence-electron chi connectivity index (χ2n) is 8.89. The highest BCUT2D eigenvalue weighted by atomic mass is 35.5. The summed E-state index contributed by atoms with van der Waals surface area (Å²) in [5, 5.41) is 3.14. The van der Waals surface area contributed by atoms with E-state index in [-0.39, 0.29) is 33.1 Å². The van der Waals surface area contributed by atoms with E-state index in [1.807, 2.05) is 6.92 Å². The molecule has 0 aliphatic heterocycles. The van der Waals surface area contributed by atoms with Gasteiger partial charge in [-0.25, -0.2) is 8.42 Å². The number of nitrogens with zero attached hydrogens (tertiary/aromatic N) is 2. The van der Waals surface area contributed by atoms with Crippen molar-refractivity contribution in [2.24, 2.45) is 0 Å². The number of carbonyl (C=O) groups is 2. The van der Waals surface area contributed by atoms with Crippen LogP contribution in [0.3, 0.4) is 0 Å². The van der Waals surface area contributed by atoms with Crippen LogP contribution in [0.4, 0.5) is 5.69 Å². The number of hydrogen-bond acceptors (Lipinski definition) is 5. The van der Waals surface area contributed by atoms with E-state index in [1.54, 1.807) is 57.4 Å². The molecule has 3 aromatic rings. The van der Waals surface area contributed by atoms with Gasteiger partial charge < -0.3 is 15.0 Å². The molecule has 0 aliphatic carbocycles. The van der Waals surface area contributed by atoms with Crippen molar-refractivity contribution in [2.75, 3.05) is 24.5 Å². The number of methoxy groups -OCH3 is 1. The Kier molecular flexibility index (Phi) is 10.2. The van der Waals surface area contributed by atoms with Gasteiger partial charge in [0.25, 0.3) is 10.0 Å². The Morgan fingerprint density at radius 2 is 1.56 bits per heavy atom. The van der Waals surface area contributed by atoms with Crippen molar-refractivity contribution in [3.05, 3.63) is 87.9 Å². The van der Waals surface area contributed by atoms with Crippen LogP contribution >= 0.6 is 23.2 Å². The molecule has 0 saturated heterocycles. The summed E-state index contributed by atoms with van der Waals surface area (Å²) in [6.07, 6.45) is 0. The molecule has 8 nitrogen and oxygen atoms in total. The molecule has 39 heavy (non-hydrogen) atoms. The van der Waals surface area contributed by atoms with E-state index in [0.717, 1.165) is 15.4 Å². The molecule has 208 valence electrons. The van der Waals surface area contributed by atoms with Gasteiger partial charge in [-0.1, -0.05) is 53.0 Å². The smallest absolute Gasteiger partial charge is 0.264 e. The van der Waals surface area contributed by atoms with Gasteiger partial charge in [0.15, 0.2) is 0 Å². The number of ether oxygens (including phenoxy) is 1. The van der Waals surface area contributed by atoms with Crippen molar-refractivity contribution in [2.45, 2.75) is 38.3 Å². The number of anilines is 1. The zero-order valence-corrected chi connectivity index (χ0v) is 24.5. The van der Waals surface area contributed by atoms with Crippen molar-refractivity contribution in [3.8, 4) is 5.75 Å². The summed E-state index contributed by atoms with van der Waals surface area (Å²) in [6.45, 7) is 5.07. The maximum absolute atomic E-state index is 13.9. The second-order valence-corrected chi connectivity index (χ2v) is 11.6. The predicted molar refractivity (Wildman–Crippen MR) is 154 cm³/mol. The van der Waals surface area contributed by atoms with Gasteiger partial charge in [-0.3, -0.25) is 13.9 Å². The van der Waals surface area contributed by atoms with Crippen LogP contribution in [0.15, 0.2) is 71.6 Å². The number of sulfonamides is 1. The van der Waals surface area contributed by atoms with Gasteiger partial charge in [0.2, 0.25) is 11.8 Å². The number of rotatable bonds is 11. The lowest BCUT2D eigenvalue weighted by Gasteiger charge is -2.32. The summed E-state index contributed by atoms with van der Waals surface area (Å²) in [5.41, 5.74) is 1.74. The van der Waals surface area contributed by atoms with Crippen molar-refractivity contribution in [1.29, 1.82) is 0 Å². The molecule has 0 bridgehead atoms. The fourth-order valence-electron chi connectivity index (χ4n) is 3.88. The number of benzene rings is 3. The maximum atomic E-state index is 13.9. The largest absolute Gasteiger partial charge is 0.497 e. The van der Waals surface area contributed by atoms with Crippen molar-refractivity contribution in [3.63, 3.8) is 0 Å². The molecule has 3 rings (SSSR count). The normalized spacial score (nSPS) is 11.9. The number of hydrogen-bond donors (Lipinski definition) is 1. The summed E-state index contributed by atoms with van der Waals surface area (Å²) in [7, 11) is -2.67. The number of likely N-dealkylation sites (N-methyl/N-ethyl adjacent to an activating group) is 1.